The Bertz CT molecular complexity index is 258. The fourth-order valence-corrected chi connectivity index (χ4v) is 1.13. The minimum atomic E-state index is 0.868. The molecule has 0 amide bonds. The predicted molar refractivity (Wildman–Crippen MR) is 50.3 cm³/mol. The summed E-state index contributed by atoms with van der Waals surface area (Å²) in [5.74, 6) is 0.868. The van der Waals surface area contributed by atoms with Crippen LogP contribution >= 0.6 is 0 Å². The average Bonchev–Trinajstić information content (AvgIpc) is 2.05. The van der Waals surface area contributed by atoms with E-state index in [4.69, 9.17) is 0 Å². The van der Waals surface area contributed by atoms with Crippen molar-refractivity contribution in [3.63, 3.8) is 0 Å². The van der Waals surface area contributed by atoms with E-state index in [1.807, 2.05) is 13.0 Å². The Morgan fingerprint density at radius 3 is 2.58 bits per heavy atom. The second kappa shape index (κ2) is 4.04. The van der Waals surface area contributed by atoms with Crippen molar-refractivity contribution in [1.82, 2.24) is 10.2 Å². The molecule has 0 saturated heterocycles. The van der Waals surface area contributed by atoms with E-state index in [1.54, 1.807) is 0 Å². The molecule has 0 fully saturated rings. The van der Waals surface area contributed by atoms with Crippen LogP contribution in [0.4, 0.5) is 5.82 Å². The lowest BCUT2D eigenvalue weighted by Crippen LogP contribution is -2.03. The van der Waals surface area contributed by atoms with Crippen LogP contribution in [0.5, 0.6) is 0 Å². The van der Waals surface area contributed by atoms with Crippen LogP contribution in [0.15, 0.2) is 6.07 Å². The number of anilines is 1. The molecule has 0 unspecified atom stereocenters. The summed E-state index contributed by atoms with van der Waals surface area (Å²) < 4.78 is 0. The van der Waals surface area contributed by atoms with E-state index in [1.165, 1.54) is 5.56 Å². The van der Waals surface area contributed by atoms with E-state index in [9.17, 15) is 0 Å². The zero-order valence-corrected chi connectivity index (χ0v) is 7.89. The Hall–Kier alpha value is -1.12. The van der Waals surface area contributed by atoms with Crippen LogP contribution in [0.2, 0.25) is 0 Å². The molecule has 0 bridgehead atoms. The highest BCUT2D eigenvalue weighted by Crippen LogP contribution is 2.08. The van der Waals surface area contributed by atoms with E-state index < -0.39 is 0 Å². The molecule has 1 aromatic heterocycles. The third kappa shape index (κ3) is 1.94. The van der Waals surface area contributed by atoms with E-state index in [0.29, 0.717) is 0 Å². The van der Waals surface area contributed by atoms with Gasteiger partial charge in [-0.3, -0.25) is 0 Å². The van der Waals surface area contributed by atoms with E-state index in [0.717, 1.165) is 24.5 Å². The minimum absolute atomic E-state index is 0.868. The molecule has 0 aromatic carbocycles. The number of hydrogen-bond acceptors (Lipinski definition) is 3. The zero-order valence-electron chi connectivity index (χ0n) is 7.89. The Morgan fingerprint density at radius 1 is 1.33 bits per heavy atom. The van der Waals surface area contributed by atoms with Crippen molar-refractivity contribution in [2.75, 3.05) is 11.9 Å². The quantitative estimate of drug-likeness (QED) is 0.741. The van der Waals surface area contributed by atoms with Gasteiger partial charge in [0, 0.05) is 6.54 Å². The van der Waals surface area contributed by atoms with Crippen molar-refractivity contribution in [2.45, 2.75) is 27.2 Å². The van der Waals surface area contributed by atoms with Gasteiger partial charge in [-0.1, -0.05) is 6.92 Å². The fraction of sp³-hybridized carbons (Fsp3) is 0.556. The van der Waals surface area contributed by atoms with Gasteiger partial charge in [0.15, 0.2) is 0 Å². The van der Waals surface area contributed by atoms with E-state index in [-0.39, 0.29) is 0 Å². The lowest BCUT2D eigenvalue weighted by atomic mass is 10.2. The van der Waals surface area contributed by atoms with Crippen molar-refractivity contribution in [3.05, 3.63) is 17.3 Å². The molecule has 0 saturated carbocycles. The summed E-state index contributed by atoms with van der Waals surface area (Å²) in [6, 6.07) is 2.04. The molecular formula is C9H15N3. The van der Waals surface area contributed by atoms with Crippen LogP contribution in [0.25, 0.3) is 0 Å². The molecule has 0 aliphatic carbocycles. The van der Waals surface area contributed by atoms with Crippen molar-refractivity contribution in [2.24, 2.45) is 0 Å². The molecule has 1 heterocycles. The van der Waals surface area contributed by atoms with Crippen LogP contribution in [0.3, 0.4) is 0 Å². The van der Waals surface area contributed by atoms with Gasteiger partial charge in [0.1, 0.15) is 5.82 Å². The second-order valence-corrected chi connectivity index (χ2v) is 2.74. The molecule has 3 nitrogen and oxygen atoms in total. The molecule has 1 rings (SSSR count). The van der Waals surface area contributed by atoms with Crippen LogP contribution in [0, 0.1) is 6.92 Å². The largest absolute Gasteiger partial charge is 0.369 e. The highest BCUT2D eigenvalue weighted by atomic mass is 15.2. The van der Waals surface area contributed by atoms with Gasteiger partial charge in [0.05, 0.1) is 5.69 Å². The Morgan fingerprint density at radius 2 is 2.08 bits per heavy atom. The van der Waals surface area contributed by atoms with Crippen LogP contribution in [-0.4, -0.2) is 16.7 Å². The monoisotopic (exact) mass is 165 g/mol. The van der Waals surface area contributed by atoms with Gasteiger partial charge in [-0.05, 0) is 31.9 Å². The van der Waals surface area contributed by atoms with Gasteiger partial charge >= 0.3 is 0 Å². The summed E-state index contributed by atoms with van der Waals surface area (Å²) in [5, 5.41) is 11.3. The minimum Gasteiger partial charge on any atom is -0.369 e. The average molecular weight is 165 g/mol. The normalized spacial score (nSPS) is 9.92. The number of aryl methyl sites for hydroxylation is 2. The van der Waals surface area contributed by atoms with Crippen molar-refractivity contribution in [1.29, 1.82) is 0 Å². The molecule has 1 aromatic rings. The maximum absolute atomic E-state index is 4.10. The van der Waals surface area contributed by atoms with Crippen molar-refractivity contribution < 1.29 is 0 Å². The van der Waals surface area contributed by atoms with Crippen LogP contribution < -0.4 is 5.32 Å². The summed E-state index contributed by atoms with van der Waals surface area (Å²) in [6.07, 6.45) is 0.950. The first kappa shape index (κ1) is 8.97. The summed E-state index contributed by atoms with van der Waals surface area (Å²) >= 11 is 0. The standard InChI is InChI=1S/C9H15N3/c1-4-8-7(3)6-9(10-5-2)12-11-8/h6H,4-5H2,1-3H3,(H,10,12). The molecular weight excluding hydrogens is 150 g/mol. The smallest absolute Gasteiger partial charge is 0.148 e. The highest BCUT2D eigenvalue weighted by Gasteiger charge is 1.99. The first-order valence-corrected chi connectivity index (χ1v) is 4.35. The zero-order chi connectivity index (χ0) is 8.97. The van der Waals surface area contributed by atoms with Gasteiger partial charge in [-0.25, -0.2) is 0 Å². The maximum Gasteiger partial charge on any atom is 0.148 e. The number of nitrogens with one attached hydrogen (secondary N) is 1. The fourth-order valence-electron chi connectivity index (χ4n) is 1.13. The SMILES string of the molecule is CCNc1cc(C)c(CC)nn1. The van der Waals surface area contributed by atoms with Gasteiger partial charge in [-0.2, -0.15) is 5.10 Å². The molecule has 3 heteroatoms. The topological polar surface area (TPSA) is 37.8 Å². The molecule has 0 aliphatic heterocycles. The maximum atomic E-state index is 4.10. The summed E-state index contributed by atoms with van der Waals surface area (Å²) in [5.41, 5.74) is 2.29. The Kier molecular flexibility index (Phi) is 3.02. The molecule has 0 radical (unpaired) electrons. The number of nitrogens with zero attached hydrogens (tertiary/aromatic N) is 2. The van der Waals surface area contributed by atoms with Gasteiger partial charge in [0.2, 0.25) is 0 Å². The Labute approximate surface area is 73.2 Å². The first-order chi connectivity index (χ1) is 5.77. The van der Waals surface area contributed by atoms with Crippen LogP contribution in [0.1, 0.15) is 25.1 Å². The molecule has 0 atom stereocenters. The second-order valence-electron chi connectivity index (χ2n) is 2.74. The van der Waals surface area contributed by atoms with Gasteiger partial charge in [0.25, 0.3) is 0 Å². The number of rotatable bonds is 3. The number of hydrogen-bond donors (Lipinski definition) is 1. The van der Waals surface area contributed by atoms with Crippen molar-refractivity contribution >= 4 is 5.82 Å². The lowest BCUT2D eigenvalue weighted by molar-refractivity contribution is 0.898. The highest BCUT2D eigenvalue weighted by molar-refractivity contribution is 5.37. The van der Waals surface area contributed by atoms with Gasteiger partial charge in [-0.15, -0.1) is 5.10 Å². The number of aromatic nitrogens is 2. The predicted octanol–water partition coefficient (Wildman–Crippen LogP) is 1.78. The summed E-state index contributed by atoms with van der Waals surface area (Å²) in [7, 11) is 0. The van der Waals surface area contributed by atoms with E-state index >= 15 is 0 Å². The summed E-state index contributed by atoms with van der Waals surface area (Å²) in [4.78, 5) is 0. The molecule has 0 aliphatic rings. The summed E-state index contributed by atoms with van der Waals surface area (Å²) in [6.45, 7) is 7.09. The van der Waals surface area contributed by atoms with Crippen molar-refractivity contribution in [3.8, 4) is 0 Å². The Balaban J connectivity index is 2.86. The van der Waals surface area contributed by atoms with Gasteiger partial charge < -0.3 is 5.32 Å². The third-order valence-corrected chi connectivity index (χ3v) is 1.78. The molecule has 1 N–H and O–H groups in total. The third-order valence-electron chi connectivity index (χ3n) is 1.78. The lowest BCUT2D eigenvalue weighted by Gasteiger charge is -2.04. The van der Waals surface area contributed by atoms with Crippen LogP contribution in [-0.2, 0) is 6.42 Å². The molecule has 0 spiro atoms. The molecule has 12 heavy (non-hydrogen) atoms. The molecule has 66 valence electrons. The first-order valence-electron chi connectivity index (χ1n) is 4.35. The van der Waals surface area contributed by atoms with E-state index in [2.05, 4.69) is 29.4 Å².